The van der Waals surface area contributed by atoms with Gasteiger partial charge in [0.05, 0.1) is 5.52 Å². The number of hydrogen-bond acceptors (Lipinski definition) is 4. The van der Waals surface area contributed by atoms with E-state index in [-0.39, 0.29) is 17.4 Å². The molecule has 0 spiro atoms. The van der Waals surface area contributed by atoms with Crippen molar-refractivity contribution in [3.8, 4) is 5.75 Å². The molecule has 2 aromatic carbocycles. The Balaban J connectivity index is 1.53. The average molecular weight is 427 g/mol. The zero-order valence-corrected chi connectivity index (χ0v) is 18.0. The minimum absolute atomic E-state index is 0.0394. The predicted octanol–water partition coefficient (Wildman–Crippen LogP) is 3.71. The molecule has 0 fully saturated rings. The highest BCUT2D eigenvalue weighted by molar-refractivity contribution is 6.20. The van der Waals surface area contributed by atoms with E-state index in [0.717, 1.165) is 25.7 Å². The van der Waals surface area contributed by atoms with Crippen LogP contribution in [0.3, 0.4) is 0 Å². The van der Waals surface area contributed by atoms with Crippen molar-refractivity contribution in [3.63, 3.8) is 0 Å². The first-order valence-electron chi connectivity index (χ1n) is 10.5. The van der Waals surface area contributed by atoms with Gasteiger partial charge in [0.15, 0.2) is 0 Å². The number of aryl methyl sites for hydroxylation is 2. The van der Waals surface area contributed by atoms with E-state index in [1.54, 1.807) is 12.1 Å². The van der Waals surface area contributed by atoms with Crippen molar-refractivity contribution < 1.29 is 10.2 Å². The van der Waals surface area contributed by atoms with E-state index in [4.69, 9.17) is 11.6 Å². The number of hydrogen-bond donors (Lipinski definition) is 4. The van der Waals surface area contributed by atoms with Gasteiger partial charge in [-0.2, -0.15) is 0 Å². The van der Waals surface area contributed by atoms with Gasteiger partial charge in [0.2, 0.25) is 5.56 Å². The van der Waals surface area contributed by atoms with E-state index < -0.39 is 11.6 Å². The summed E-state index contributed by atoms with van der Waals surface area (Å²) in [5.74, 6) is -0.0394. The van der Waals surface area contributed by atoms with Gasteiger partial charge in [0.1, 0.15) is 17.4 Å². The molecule has 4 rings (SSSR count). The van der Waals surface area contributed by atoms with Crippen LogP contribution in [-0.4, -0.2) is 26.7 Å². The molecule has 0 saturated heterocycles. The number of aliphatic hydroxyl groups excluding tert-OH is 1. The molecule has 0 radical (unpaired) electrons. The molecule has 30 heavy (non-hydrogen) atoms. The standard InChI is InChI=1S/C24H27ClN2O3/c1-3-13-9-15-11-17(12-16(15)10-14(13)4-2)26-24(25)23(30)19-5-7-20(28)22-18(19)6-8-21(29)27-22/h5-10,17,23-24,26,28,30H,3-4,11-12H2,1-2H3,(H,27,29). The molecule has 1 aromatic heterocycles. The van der Waals surface area contributed by atoms with E-state index in [2.05, 4.69) is 36.3 Å². The maximum Gasteiger partial charge on any atom is 0.248 e. The molecule has 0 aliphatic heterocycles. The van der Waals surface area contributed by atoms with Crippen molar-refractivity contribution in [2.75, 3.05) is 0 Å². The molecule has 1 heterocycles. The quantitative estimate of drug-likeness (QED) is 0.357. The molecule has 5 nitrogen and oxygen atoms in total. The number of aromatic hydroxyl groups is 1. The Morgan fingerprint density at radius 2 is 1.73 bits per heavy atom. The Morgan fingerprint density at radius 3 is 2.33 bits per heavy atom. The predicted molar refractivity (Wildman–Crippen MR) is 120 cm³/mol. The van der Waals surface area contributed by atoms with Crippen LogP contribution in [0, 0.1) is 0 Å². The fraction of sp³-hybridized carbons (Fsp3) is 0.375. The van der Waals surface area contributed by atoms with Crippen LogP contribution >= 0.6 is 11.6 Å². The number of aliphatic hydroxyl groups is 1. The maximum absolute atomic E-state index is 11.6. The van der Waals surface area contributed by atoms with E-state index in [0.29, 0.717) is 16.5 Å². The van der Waals surface area contributed by atoms with Crippen molar-refractivity contribution in [2.45, 2.75) is 57.2 Å². The number of benzene rings is 2. The van der Waals surface area contributed by atoms with Crippen LogP contribution in [0.5, 0.6) is 5.75 Å². The smallest absolute Gasteiger partial charge is 0.248 e. The third-order valence-electron chi connectivity index (χ3n) is 6.11. The highest BCUT2D eigenvalue weighted by atomic mass is 35.5. The van der Waals surface area contributed by atoms with Crippen molar-refractivity contribution in [1.82, 2.24) is 10.3 Å². The summed E-state index contributed by atoms with van der Waals surface area (Å²) in [5, 5.41) is 24.9. The van der Waals surface area contributed by atoms with Crippen LogP contribution in [0.1, 0.15) is 47.8 Å². The molecule has 4 N–H and O–H groups in total. The maximum atomic E-state index is 11.6. The number of aromatic amines is 1. The summed E-state index contributed by atoms with van der Waals surface area (Å²) >= 11 is 6.58. The number of phenolic OH excluding ortho intramolecular Hbond substituents is 1. The zero-order chi connectivity index (χ0) is 21.4. The minimum atomic E-state index is -0.998. The topological polar surface area (TPSA) is 85.3 Å². The molecule has 158 valence electrons. The molecular formula is C24H27ClN2O3. The van der Waals surface area contributed by atoms with Crippen molar-refractivity contribution in [2.24, 2.45) is 0 Å². The average Bonchev–Trinajstić information content (AvgIpc) is 3.13. The van der Waals surface area contributed by atoms with Gasteiger partial charge in [-0.15, -0.1) is 11.6 Å². The lowest BCUT2D eigenvalue weighted by molar-refractivity contribution is 0.156. The van der Waals surface area contributed by atoms with E-state index >= 15 is 0 Å². The van der Waals surface area contributed by atoms with Gasteiger partial charge < -0.3 is 15.2 Å². The first kappa shape index (κ1) is 20.9. The number of rotatable bonds is 6. The Bertz CT molecular complexity index is 1110. The number of pyridine rings is 1. The Labute approximate surface area is 180 Å². The van der Waals surface area contributed by atoms with Gasteiger partial charge >= 0.3 is 0 Å². The zero-order valence-electron chi connectivity index (χ0n) is 17.2. The van der Waals surface area contributed by atoms with Crippen LogP contribution in [0.4, 0.5) is 0 Å². The van der Waals surface area contributed by atoms with Crippen molar-refractivity contribution >= 4 is 22.5 Å². The van der Waals surface area contributed by atoms with Crippen LogP contribution in [0.15, 0.2) is 41.2 Å². The summed E-state index contributed by atoms with van der Waals surface area (Å²) in [6.07, 6.45) is 2.82. The van der Waals surface area contributed by atoms with E-state index in [9.17, 15) is 15.0 Å². The van der Waals surface area contributed by atoms with Gasteiger partial charge in [-0.3, -0.25) is 10.1 Å². The van der Waals surface area contributed by atoms with Crippen LogP contribution < -0.4 is 10.9 Å². The van der Waals surface area contributed by atoms with Crippen molar-refractivity contribution in [1.29, 1.82) is 0 Å². The third-order valence-corrected chi connectivity index (χ3v) is 6.48. The summed E-state index contributed by atoms with van der Waals surface area (Å²) in [7, 11) is 0. The molecule has 1 aliphatic rings. The lowest BCUT2D eigenvalue weighted by atomic mass is 9.97. The number of fused-ring (bicyclic) bond motifs is 2. The minimum Gasteiger partial charge on any atom is -0.506 e. The molecule has 3 aromatic rings. The number of H-pyrrole nitrogens is 1. The molecule has 6 heteroatoms. The van der Waals surface area contributed by atoms with Gasteiger partial charge in [0, 0.05) is 17.5 Å². The van der Waals surface area contributed by atoms with E-state index in [1.165, 1.54) is 34.4 Å². The third kappa shape index (κ3) is 3.85. The Kier molecular flexibility index (Phi) is 5.87. The Hall–Kier alpha value is -2.34. The number of alkyl halides is 1. The fourth-order valence-electron chi connectivity index (χ4n) is 4.54. The van der Waals surface area contributed by atoms with Crippen LogP contribution in [-0.2, 0) is 25.7 Å². The lowest BCUT2D eigenvalue weighted by Crippen LogP contribution is -2.39. The largest absolute Gasteiger partial charge is 0.506 e. The number of nitrogens with one attached hydrogen (secondary N) is 2. The number of phenols is 1. The molecule has 0 bridgehead atoms. The molecule has 0 amide bonds. The van der Waals surface area contributed by atoms with Crippen LogP contribution in [0.2, 0.25) is 0 Å². The van der Waals surface area contributed by atoms with Gasteiger partial charge in [-0.25, -0.2) is 0 Å². The molecule has 1 aliphatic carbocycles. The summed E-state index contributed by atoms with van der Waals surface area (Å²) in [6, 6.07) is 10.9. The summed E-state index contributed by atoms with van der Waals surface area (Å²) in [4.78, 5) is 14.2. The highest BCUT2D eigenvalue weighted by Crippen LogP contribution is 2.32. The van der Waals surface area contributed by atoms with E-state index in [1.807, 2.05) is 0 Å². The molecule has 2 unspecified atom stereocenters. The van der Waals surface area contributed by atoms with Gasteiger partial charge in [-0.1, -0.05) is 32.0 Å². The Morgan fingerprint density at radius 1 is 1.10 bits per heavy atom. The van der Waals surface area contributed by atoms with Gasteiger partial charge in [-0.05, 0) is 65.6 Å². The second kappa shape index (κ2) is 8.42. The van der Waals surface area contributed by atoms with Crippen molar-refractivity contribution in [3.05, 3.63) is 74.6 Å². The highest BCUT2D eigenvalue weighted by Gasteiger charge is 2.28. The summed E-state index contributed by atoms with van der Waals surface area (Å²) in [6.45, 7) is 4.37. The summed E-state index contributed by atoms with van der Waals surface area (Å²) < 4.78 is 0. The normalized spacial score (nSPS) is 16.0. The number of halogens is 1. The van der Waals surface area contributed by atoms with Crippen LogP contribution in [0.25, 0.3) is 10.9 Å². The second-order valence-electron chi connectivity index (χ2n) is 8.00. The lowest BCUT2D eigenvalue weighted by Gasteiger charge is -2.23. The monoisotopic (exact) mass is 426 g/mol. The second-order valence-corrected chi connectivity index (χ2v) is 8.47. The SMILES string of the molecule is CCc1cc2c(cc1CC)CC(NC(Cl)C(O)c1ccc(O)c3[nH]c(=O)ccc13)C2. The first-order chi connectivity index (χ1) is 14.4. The molecule has 0 saturated carbocycles. The summed E-state index contributed by atoms with van der Waals surface area (Å²) in [5.41, 5.74) is 5.36. The number of aromatic nitrogens is 1. The first-order valence-corrected chi connectivity index (χ1v) is 10.9. The molecule has 2 atom stereocenters. The molecular weight excluding hydrogens is 400 g/mol. The van der Waals surface area contributed by atoms with Gasteiger partial charge in [0.25, 0.3) is 0 Å². The fourth-order valence-corrected chi connectivity index (χ4v) is 4.86.